The van der Waals surface area contributed by atoms with Crippen LogP contribution in [0.25, 0.3) is 0 Å². The first kappa shape index (κ1) is 13.2. The summed E-state index contributed by atoms with van der Waals surface area (Å²) in [7, 11) is 0. The Kier molecular flexibility index (Phi) is 3.72. The number of aryl methyl sites for hydroxylation is 1. The topological polar surface area (TPSA) is 72.7 Å². The number of aromatic nitrogens is 4. The fourth-order valence-electron chi connectivity index (χ4n) is 1.83. The molecule has 2 aromatic rings. The molecule has 0 unspecified atom stereocenters. The average molecular weight is 295 g/mol. The first-order valence-electron chi connectivity index (χ1n) is 6.47. The van der Waals surface area contributed by atoms with E-state index in [1.807, 2.05) is 0 Å². The van der Waals surface area contributed by atoms with E-state index in [0.717, 1.165) is 12.2 Å². The van der Waals surface area contributed by atoms with Gasteiger partial charge in [0.25, 0.3) is 5.91 Å². The Hall–Kier alpha value is -1.83. The maximum absolute atomic E-state index is 12.2. The lowest BCUT2D eigenvalue weighted by Crippen LogP contribution is -2.11. The molecule has 2 aromatic heterocycles. The highest BCUT2D eigenvalue weighted by atomic mass is 32.1. The number of rotatable bonds is 6. The van der Waals surface area contributed by atoms with Crippen molar-refractivity contribution >= 4 is 22.6 Å². The van der Waals surface area contributed by atoms with Crippen molar-refractivity contribution in [3.8, 4) is 0 Å². The highest BCUT2D eigenvalue weighted by Crippen LogP contribution is 2.32. The van der Waals surface area contributed by atoms with Gasteiger partial charge in [0.2, 0.25) is 5.13 Å². The molecule has 6 nitrogen and oxygen atoms in total. The number of halogens is 1. The fourth-order valence-corrected chi connectivity index (χ4v) is 2.42. The van der Waals surface area contributed by atoms with Gasteiger partial charge in [-0.15, -0.1) is 0 Å². The molecule has 0 aliphatic heterocycles. The Balaban J connectivity index is 1.60. The summed E-state index contributed by atoms with van der Waals surface area (Å²) in [6, 6.07) is 0. The van der Waals surface area contributed by atoms with Crippen molar-refractivity contribution < 1.29 is 9.18 Å². The monoisotopic (exact) mass is 295 g/mol. The lowest BCUT2D eigenvalue weighted by Gasteiger charge is -1.97. The van der Waals surface area contributed by atoms with Crippen molar-refractivity contribution in [2.45, 2.75) is 25.8 Å². The number of carbonyl (C=O) groups excluding carboxylic acids is 1. The summed E-state index contributed by atoms with van der Waals surface area (Å²) >= 11 is 1.18. The van der Waals surface area contributed by atoms with Crippen LogP contribution in [0, 0.1) is 5.92 Å². The van der Waals surface area contributed by atoms with E-state index in [4.69, 9.17) is 0 Å². The van der Waals surface area contributed by atoms with Crippen LogP contribution in [0.1, 0.15) is 29.0 Å². The second kappa shape index (κ2) is 5.66. The minimum Gasteiger partial charge on any atom is -0.296 e. The minimum atomic E-state index is -0.510. The standard InChI is InChI=1S/C12H14FN5OS/c13-3-4-18-7-9(6-14-18)11(19)16-12-15-10(17-20-12)5-8-1-2-8/h6-8H,1-5H2,(H,15,16,17,19). The smallest absolute Gasteiger partial charge is 0.260 e. The quantitative estimate of drug-likeness (QED) is 0.883. The molecule has 1 saturated carbocycles. The van der Waals surface area contributed by atoms with Crippen LogP contribution in [0.5, 0.6) is 0 Å². The van der Waals surface area contributed by atoms with Crippen LogP contribution in [0.4, 0.5) is 9.52 Å². The van der Waals surface area contributed by atoms with Crippen molar-refractivity contribution in [1.82, 2.24) is 19.1 Å². The third-order valence-corrected chi connectivity index (χ3v) is 3.73. The highest BCUT2D eigenvalue weighted by molar-refractivity contribution is 7.09. The molecule has 0 radical (unpaired) electrons. The molecular formula is C12H14FN5OS. The van der Waals surface area contributed by atoms with E-state index in [-0.39, 0.29) is 12.5 Å². The maximum atomic E-state index is 12.2. The number of hydrogen-bond acceptors (Lipinski definition) is 5. The number of amides is 1. The summed E-state index contributed by atoms with van der Waals surface area (Å²) in [4.78, 5) is 16.2. The van der Waals surface area contributed by atoms with Crippen LogP contribution >= 0.6 is 11.5 Å². The van der Waals surface area contributed by atoms with Crippen molar-refractivity contribution in [2.75, 3.05) is 12.0 Å². The summed E-state index contributed by atoms with van der Waals surface area (Å²) < 4.78 is 17.8. The minimum absolute atomic E-state index is 0.150. The zero-order chi connectivity index (χ0) is 13.9. The van der Waals surface area contributed by atoms with Gasteiger partial charge in [0, 0.05) is 24.2 Å². The third kappa shape index (κ3) is 3.19. The summed E-state index contributed by atoms with van der Waals surface area (Å²) in [5.41, 5.74) is 0.386. The van der Waals surface area contributed by atoms with Crippen LogP contribution in [-0.4, -0.2) is 31.7 Å². The molecule has 20 heavy (non-hydrogen) atoms. The zero-order valence-electron chi connectivity index (χ0n) is 10.8. The summed E-state index contributed by atoms with van der Waals surface area (Å²) in [6.07, 6.45) is 6.31. The zero-order valence-corrected chi connectivity index (χ0v) is 11.6. The maximum Gasteiger partial charge on any atom is 0.260 e. The molecule has 3 rings (SSSR count). The SMILES string of the molecule is O=C(Nc1nc(CC2CC2)ns1)c1cnn(CCF)c1. The second-order valence-electron chi connectivity index (χ2n) is 4.80. The van der Waals surface area contributed by atoms with E-state index in [0.29, 0.717) is 16.6 Å². The van der Waals surface area contributed by atoms with Gasteiger partial charge in [0.15, 0.2) is 0 Å². The van der Waals surface area contributed by atoms with Gasteiger partial charge in [-0.3, -0.25) is 14.8 Å². The van der Waals surface area contributed by atoms with Crippen LogP contribution in [0.2, 0.25) is 0 Å². The van der Waals surface area contributed by atoms with E-state index in [1.54, 1.807) is 0 Å². The largest absolute Gasteiger partial charge is 0.296 e. The third-order valence-electron chi connectivity index (χ3n) is 3.07. The molecule has 1 aliphatic rings. The molecule has 8 heteroatoms. The van der Waals surface area contributed by atoms with Gasteiger partial charge in [0.05, 0.1) is 18.3 Å². The van der Waals surface area contributed by atoms with Gasteiger partial charge < -0.3 is 0 Å². The van der Waals surface area contributed by atoms with Gasteiger partial charge in [-0.1, -0.05) is 0 Å². The van der Waals surface area contributed by atoms with Crippen molar-refractivity contribution in [2.24, 2.45) is 5.92 Å². The van der Waals surface area contributed by atoms with Gasteiger partial charge >= 0.3 is 0 Å². The fraction of sp³-hybridized carbons (Fsp3) is 0.500. The van der Waals surface area contributed by atoms with E-state index < -0.39 is 6.67 Å². The molecule has 0 saturated heterocycles. The van der Waals surface area contributed by atoms with E-state index in [1.165, 1.54) is 41.4 Å². The molecule has 106 valence electrons. The van der Waals surface area contributed by atoms with Gasteiger partial charge in [-0.2, -0.15) is 9.47 Å². The average Bonchev–Trinajstić information content (AvgIpc) is 2.93. The number of hydrogen-bond donors (Lipinski definition) is 1. The Labute approximate surface area is 119 Å². The van der Waals surface area contributed by atoms with Crippen LogP contribution in [0.3, 0.4) is 0 Å². The van der Waals surface area contributed by atoms with Crippen molar-refractivity contribution in [3.63, 3.8) is 0 Å². The molecule has 0 bridgehead atoms. The number of carbonyl (C=O) groups is 1. The van der Waals surface area contributed by atoms with Crippen LogP contribution in [-0.2, 0) is 13.0 Å². The summed E-state index contributed by atoms with van der Waals surface area (Å²) in [6.45, 7) is -0.360. The number of nitrogens with zero attached hydrogens (tertiary/aromatic N) is 4. The Bertz CT molecular complexity index is 607. The molecule has 1 fully saturated rings. The number of nitrogens with one attached hydrogen (secondary N) is 1. The van der Waals surface area contributed by atoms with E-state index >= 15 is 0 Å². The van der Waals surface area contributed by atoms with Crippen LogP contribution < -0.4 is 5.32 Å². The van der Waals surface area contributed by atoms with E-state index in [2.05, 4.69) is 19.8 Å². The lowest BCUT2D eigenvalue weighted by molar-refractivity contribution is 0.102. The van der Waals surface area contributed by atoms with Crippen molar-refractivity contribution in [3.05, 3.63) is 23.8 Å². The molecule has 1 aliphatic carbocycles. The predicted molar refractivity (Wildman–Crippen MR) is 72.5 cm³/mol. The Morgan fingerprint density at radius 1 is 1.55 bits per heavy atom. The molecule has 0 spiro atoms. The normalized spacial score (nSPS) is 14.4. The van der Waals surface area contributed by atoms with Gasteiger partial charge in [0.1, 0.15) is 12.5 Å². The molecule has 0 atom stereocenters. The number of alkyl halides is 1. The summed E-state index contributed by atoms with van der Waals surface area (Å²) in [5, 5.41) is 7.08. The van der Waals surface area contributed by atoms with E-state index in [9.17, 15) is 9.18 Å². The molecule has 2 heterocycles. The first-order valence-corrected chi connectivity index (χ1v) is 7.24. The lowest BCUT2D eigenvalue weighted by atomic mass is 10.3. The van der Waals surface area contributed by atoms with Gasteiger partial charge in [-0.05, 0) is 18.8 Å². The Morgan fingerprint density at radius 2 is 2.40 bits per heavy atom. The molecule has 1 amide bonds. The van der Waals surface area contributed by atoms with Gasteiger partial charge in [-0.25, -0.2) is 9.37 Å². The van der Waals surface area contributed by atoms with Crippen LogP contribution in [0.15, 0.2) is 12.4 Å². The summed E-state index contributed by atoms with van der Waals surface area (Å²) in [5.74, 6) is 1.21. The molecule has 1 N–H and O–H groups in total. The Morgan fingerprint density at radius 3 is 3.15 bits per heavy atom. The van der Waals surface area contributed by atoms with Crippen molar-refractivity contribution in [1.29, 1.82) is 0 Å². The number of anilines is 1. The molecular weight excluding hydrogens is 281 g/mol. The highest BCUT2D eigenvalue weighted by Gasteiger charge is 2.23. The second-order valence-corrected chi connectivity index (χ2v) is 5.55. The molecule has 0 aromatic carbocycles. The predicted octanol–water partition coefficient (Wildman–Crippen LogP) is 1.91. The first-order chi connectivity index (χ1) is 9.74.